The van der Waals surface area contributed by atoms with Crippen molar-refractivity contribution in [1.82, 2.24) is 0 Å². The molecule has 9 aliphatic rings. The highest BCUT2D eigenvalue weighted by Crippen LogP contribution is 2.62. The first-order chi connectivity index (χ1) is 22.9. The van der Waals surface area contributed by atoms with E-state index in [1.807, 2.05) is 13.8 Å². The predicted octanol–water partition coefficient (Wildman–Crippen LogP) is 6.85. The summed E-state index contributed by atoms with van der Waals surface area (Å²) in [5, 5.41) is 11.3. The van der Waals surface area contributed by atoms with Crippen LogP contribution in [0.2, 0.25) is 0 Å². The Bertz CT molecular complexity index is 1320. The summed E-state index contributed by atoms with van der Waals surface area (Å²) >= 11 is 0. The van der Waals surface area contributed by atoms with Gasteiger partial charge in [-0.2, -0.15) is 0 Å². The second kappa shape index (κ2) is 11.9. The molecule has 0 aromatic rings. The number of hydrogen-bond donors (Lipinski definition) is 1. The zero-order valence-electron chi connectivity index (χ0n) is 30.8. The normalized spacial score (nSPS) is 42.7. The van der Waals surface area contributed by atoms with Crippen molar-refractivity contribution in [2.45, 2.75) is 167 Å². The van der Waals surface area contributed by atoms with Crippen LogP contribution in [-0.2, 0) is 38.1 Å². The Morgan fingerprint density at radius 2 is 1.37 bits per heavy atom. The molecule has 5 atom stereocenters. The fourth-order valence-electron chi connectivity index (χ4n) is 13.0. The molecule has 0 amide bonds. The van der Waals surface area contributed by atoms with Gasteiger partial charge in [-0.3, -0.25) is 19.2 Å². The molecule has 1 saturated heterocycles. The van der Waals surface area contributed by atoms with E-state index in [2.05, 4.69) is 6.92 Å². The Kier molecular flexibility index (Phi) is 8.59. The SMILES string of the molecule is CCC(C)(CC(C)(CC(C)(C)C(=O)OC12CC3CC(CC(O)(C3)C1)C2)C(=O)OC1COC(=O)C1)C(=O)OC1(CC)C2CC3CC(C2)CC1C3. The molecule has 5 unspecified atom stereocenters. The molecule has 9 heteroatoms. The molecule has 0 spiro atoms. The van der Waals surface area contributed by atoms with Crippen molar-refractivity contribution in [3.63, 3.8) is 0 Å². The van der Waals surface area contributed by atoms with Crippen LogP contribution in [0.15, 0.2) is 0 Å². The van der Waals surface area contributed by atoms with Crippen molar-refractivity contribution in [2.75, 3.05) is 6.61 Å². The van der Waals surface area contributed by atoms with Gasteiger partial charge in [-0.15, -0.1) is 0 Å². The van der Waals surface area contributed by atoms with E-state index in [9.17, 15) is 24.3 Å². The van der Waals surface area contributed by atoms with E-state index in [0.717, 1.165) is 76.0 Å². The van der Waals surface area contributed by atoms with Gasteiger partial charge in [-0.05, 0) is 153 Å². The fourth-order valence-corrected chi connectivity index (χ4v) is 13.0. The van der Waals surface area contributed by atoms with Gasteiger partial charge in [0.1, 0.15) is 23.9 Å². The standard InChI is InChI=1S/C40H60O9/c1-7-36(5,34(44)49-40(8-2)28-11-24-9-25(13-28)14-29(40)12-24)22-37(6,33(43)47-30-15-31(41)46-20-30)21-35(3,4)32(42)48-39-18-26-10-27(19-39)17-38(45,16-26)23-39/h24-30,45H,7-23H2,1-6H3. The third-order valence-electron chi connectivity index (χ3n) is 14.7. The minimum atomic E-state index is -1.28. The molecule has 8 aliphatic carbocycles. The van der Waals surface area contributed by atoms with Crippen molar-refractivity contribution < 1.29 is 43.2 Å². The maximum Gasteiger partial charge on any atom is 0.312 e. The minimum absolute atomic E-state index is 0.00325. The highest BCUT2D eigenvalue weighted by Gasteiger charge is 2.62. The summed E-state index contributed by atoms with van der Waals surface area (Å²) in [6.07, 6.45) is 11.2. The van der Waals surface area contributed by atoms with Gasteiger partial charge in [0.05, 0.1) is 28.3 Å². The quantitative estimate of drug-likeness (QED) is 0.174. The molecule has 0 aromatic heterocycles. The van der Waals surface area contributed by atoms with Gasteiger partial charge in [0.15, 0.2) is 0 Å². The molecular weight excluding hydrogens is 624 g/mol. The Balaban J connectivity index is 1.12. The van der Waals surface area contributed by atoms with Gasteiger partial charge in [0.25, 0.3) is 0 Å². The van der Waals surface area contributed by atoms with Gasteiger partial charge < -0.3 is 24.1 Å². The van der Waals surface area contributed by atoms with Crippen molar-refractivity contribution in [2.24, 2.45) is 51.8 Å². The average Bonchev–Trinajstić information content (AvgIpc) is 3.40. The Labute approximate surface area is 292 Å². The van der Waals surface area contributed by atoms with Crippen LogP contribution in [0.25, 0.3) is 0 Å². The van der Waals surface area contributed by atoms with E-state index in [1.165, 1.54) is 6.42 Å². The maximum absolute atomic E-state index is 14.5. The first kappa shape index (κ1) is 35.3. The first-order valence-corrected chi connectivity index (χ1v) is 19.5. The molecule has 1 heterocycles. The van der Waals surface area contributed by atoms with Crippen molar-refractivity contribution in [3.8, 4) is 0 Å². The first-order valence-electron chi connectivity index (χ1n) is 19.5. The second-order valence-corrected chi connectivity index (χ2v) is 19.4. The predicted molar refractivity (Wildman–Crippen MR) is 180 cm³/mol. The largest absolute Gasteiger partial charge is 0.462 e. The van der Waals surface area contributed by atoms with Crippen LogP contribution in [0, 0.1) is 51.8 Å². The molecule has 0 aromatic carbocycles. The van der Waals surface area contributed by atoms with Crippen LogP contribution in [0.1, 0.15) is 144 Å². The minimum Gasteiger partial charge on any atom is -0.462 e. The van der Waals surface area contributed by atoms with Gasteiger partial charge in [0.2, 0.25) is 0 Å². The number of carbonyl (C=O) groups is 4. The summed E-state index contributed by atoms with van der Waals surface area (Å²) in [6, 6.07) is 0. The van der Waals surface area contributed by atoms with Gasteiger partial charge in [-0.1, -0.05) is 13.8 Å². The van der Waals surface area contributed by atoms with E-state index in [1.54, 1.807) is 20.8 Å². The number of ether oxygens (including phenoxy) is 4. The lowest BCUT2D eigenvalue weighted by atomic mass is 9.49. The van der Waals surface area contributed by atoms with Crippen LogP contribution in [0.3, 0.4) is 0 Å². The van der Waals surface area contributed by atoms with Crippen molar-refractivity contribution in [3.05, 3.63) is 0 Å². The molecule has 8 saturated carbocycles. The maximum atomic E-state index is 14.5. The number of aliphatic hydroxyl groups is 1. The molecule has 0 radical (unpaired) electrons. The zero-order chi connectivity index (χ0) is 35.2. The molecule has 8 bridgehead atoms. The van der Waals surface area contributed by atoms with E-state index in [4.69, 9.17) is 18.9 Å². The van der Waals surface area contributed by atoms with Gasteiger partial charge >= 0.3 is 23.9 Å². The summed E-state index contributed by atoms with van der Waals surface area (Å²) in [6.45, 7) is 11.4. The summed E-state index contributed by atoms with van der Waals surface area (Å²) < 4.78 is 24.2. The third-order valence-corrected chi connectivity index (χ3v) is 14.7. The topological polar surface area (TPSA) is 125 Å². The van der Waals surface area contributed by atoms with E-state index in [-0.39, 0.29) is 31.8 Å². The summed E-state index contributed by atoms with van der Waals surface area (Å²) in [4.78, 5) is 54.9. The van der Waals surface area contributed by atoms with E-state index in [0.29, 0.717) is 36.5 Å². The molecule has 9 nitrogen and oxygen atoms in total. The van der Waals surface area contributed by atoms with Crippen LogP contribution in [-0.4, -0.2) is 58.5 Å². The Morgan fingerprint density at radius 3 is 1.88 bits per heavy atom. The number of cyclic esters (lactones) is 1. The van der Waals surface area contributed by atoms with Crippen LogP contribution >= 0.6 is 0 Å². The highest BCUT2D eigenvalue weighted by molar-refractivity contribution is 5.83. The summed E-state index contributed by atoms with van der Waals surface area (Å²) in [7, 11) is 0. The second-order valence-electron chi connectivity index (χ2n) is 19.4. The summed E-state index contributed by atoms with van der Waals surface area (Å²) in [5.41, 5.74) is -5.32. The lowest BCUT2D eigenvalue weighted by Crippen LogP contribution is -2.61. The Morgan fingerprint density at radius 1 is 0.776 bits per heavy atom. The molecular formula is C40H60O9. The molecule has 274 valence electrons. The van der Waals surface area contributed by atoms with Crippen LogP contribution in [0.4, 0.5) is 0 Å². The third kappa shape index (κ3) is 6.24. The van der Waals surface area contributed by atoms with Crippen LogP contribution < -0.4 is 0 Å². The van der Waals surface area contributed by atoms with Gasteiger partial charge in [0, 0.05) is 6.42 Å². The lowest BCUT2D eigenvalue weighted by Gasteiger charge is -2.60. The van der Waals surface area contributed by atoms with Crippen molar-refractivity contribution >= 4 is 23.9 Å². The van der Waals surface area contributed by atoms with E-state index < -0.39 is 57.1 Å². The summed E-state index contributed by atoms with van der Waals surface area (Å²) in [5.74, 6) is 1.33. The number of hydrogen-bond acceptors (Lipinski definition) is 9. The molecule has 9 fully saturated rings. The zero-order valence-corrected chi connectivity index (χ0v) is 30.8. The number of carbonyl (C=O) groups excluding carboxylic acids is 4. The smallest absolute Gasteiger partial charge is 0.312 e. The number of rotatable bonds is 12. The van der Waals surface area contributed by atoms with Crippen molar-refractivity contribution in [1.29, 1.82) is 0 Å². The average molecular weight is 685 g/mol. The molecule has 9 rings (SSSR count). The Hall–Kier alpha value is -2.16. The van der Waals surface area contributed by atoms with E-state index >= 15 is 0 Å². The lowest BCUT2D eigenvalue weighted by molar-refractivity contribution is -0.226. The van der Waals surface area contributed by atoms with Gasteiger partial charge in [-0.25, -0.2) is 0 Å². The molecule has 1 aliphatic heterocycles. The fraction of sp³-hybridized carbons (Fsp3) is 0.900. The highest BCUT2D eigenvalue weighted by atomic mass is 16.6. The number of esters is 4. The van der Waals surface area contributed by atoms with Crippen LogP contribution in [0.5, 0.6) is 0 Å². The molecule has 1 N–H and O–H groups in total. The monoisotopic (exact) mass is 684 g/mol. The molecule has 49 heavy (non-hydrogen) atoms.